The molecule has 20 heavy (non-hydrogen) atoms. The third-order valence-electron chi connectivity index (χ3n) is 3.39. The van der Waals surface area contributed by atoms with Crippen molar-refractivity contribution in [2.45, 2.75) is 52.6 Å². The summed E-state index contributed by atoms with van der Waals surface area (Å²) in [6.07, 6.45) is 3.08. The molecule has 0 aromatic heterocycles. The summed E-state index contributed by atoms with van der Waals surface area (Å²) in [6.45, 7) is 12.8. The van der Waals surface area contributed by atoms with Gasteiger partial charge in [0, 0.05) is 0 Å². The first-order chi connectivity index (χ1) is 9.37. The van der Waals surface area contributed by atoms with Crippen molar-refractivity contribution in [3.63, 3.8) is 0 Å². The second-order valence-electron chi connectivity index (χ2n) is 6.52. The van der Waals surface area contributed by atoms with Crippen LogP contribution in [0.25, 0.3) is 0 Å². The topological polar surface area (TPSA) is 29.5 Å². The zero-order valence-corrected chi connectivity index (χ0v) is 13.2. The highest BCUT2D eigenvalue weighted by atomic mass is 16.5. The van der Waals surface area contributed by atoms with Crippen LogP contribution >= 0.6 is 0 Å². The second-order valence-corrected chi connectivity index (χ2v) is 6.52. The van der Waals surface area contributed by atoms with Gasteiger partial charge >= 0.3 is 0 Å². The molecule has 2 heteroatoms. The van der Waals surface area contributed by atoms with E-state index in [4.69, 9.17) is 4.74 Å². The number of benzene rings is 1. The Balaban J connectivity index is 2.89. The molecule has 2 atom stereocenters. The molecule has 0 aliphatic rings. The van der Waals surface area contributed by atoms with Crippen LogP contribution in [0.2, 0.25) is 0 Å². The van der Waals surface area contributed by atoms with Crippen LogP contribution in [-0.4, -0.2) is 17.8 Å². The molecule has 0 heterocycles. The summed E-state index contributed by atoms with van der Waals surface area (Å²) in [6, 6.07) is 8.15. The molecule has 0 aliphatic heterocycles. The van der Waals surface area contributed by atoms with Crippen molar-refractivity contribution >= 4 is 0 Å². The van der Waals surface area contributed by atoms with Gasteiger partial charge < -0.3 is 9.84 Å². The minimum atomic E-state index is -0.620. The van der Waals surface area contributed by atoms with Crippen molar-refractivity contribution < 1.29 is 9.84 Å². The minimum Gasteiger partial charge on any atom is -0.490 e. The molecule has 0 spiro atoms. The molecular weight excluding hydrogens is 248 g/mol. The number of para-hydroxylation sites is 1. The number of aliphatic hydroxyl groups is 1. The first kappa shape index (κ1) is 16.8. The van der Waals surface area contributed by atoms with Crippen molar-refractivity contribution in [2.24, 2.45) is 5.41 Å². The van der Waals surface area contributed by atoms with Gasteiger partial charge in [-0.05, 0) is 35.8 Å². The van der Waals surface area contributed by atoms with E-state index in [1.807, 2.05) is 12.1 Å². The highest BCUT2D eigenvalue weighted by Gasteiger charge is 2.21. The predicted molar refractivity (Wildman–Crippen MR) is 85.2 cm³/mol. The van der Waals surface area contributed by atoms with Crippen LogP contribution in [0.15, 0.2) is 36.9 Å². The standard InChI is InChI=1S/C18H28O2/c1-6-14(12-18(3,4)5)16-10-8-9-11-17(16)20-13-15(19)7-2/h7-11,14-15,19H,2,6,12-13H2,1,3-5H3. The molecule has 1 aromatic carbocycles. The van der Waals surface area contributed by atoms with Crippen LogP contribution in [0.1, 0.15) is 52.0 Å². The highest BCUT2D eigenvalue weighted by molar-refractivity contribution is 5.36. The van der Waals surface area contributed by atoms with Gasteiger partial charge in [-0.1, -0.05) is 52.0 Å². The number of rotatable bonds is 7. The lowest BCUT2D eigenvalue weighted by atomic mass is 9.80. The van der Waals surface area contributed by atoms with E-state index in [1.54, 1.807) is 0 Å². The van der Waals surface area contributed by atoms with Gasteiger partial charge in [0.2, 0.25) is 0 Å². The zero-order chi connectivity index (χ0) is 15.2. The van der Waals surface area contributed by atoms with Crippen molar-refractivity contribution in [3.05, 3.63) is 42.5 Å². The molecule has 1 N–H and O–H groups in total. The zero-order valence-electron chi connectivity index (χ0n) is 13.2. The Kier molecular flexibility index (Phi) is 6.28. The van der Waals surface area contributed by atoms with Gasteiger partial charge in [-0.15, -0.1) is 6.58 Å². The van der Waals surface area contributed by atoms with Gasteiger partial charge in [-0.3, -0.25) is 0 Å². The van der Waals surface area contributed by atoms with E-state index in [2.05, 4.69) is 46.4 Å². The Morgan fingerprint density at radius 3 is 2.50 bits per heavy atom. The van der Waals surface area contributed by atoms with E-state index in [9.17, 15) is 5.11 Å². The van der Waals surface area contributed by atoms with E-state index in [1.165, 1.54) is 11.6 Å². The molecule has 2 unspecified atom stereocenters. The van der Waals surface area contributed by atoms with Gasteiger partial charge in [0.05, 0.1) is 0 Å². The summed E-state index contributed by atoms with van der Waals surface area (Å²) < 4.78 is 5.77. The normalized spacial score (nSPS) is 14.7. The molecule has 0 saturated heterocycles. The van der Waals surface area contributed by atoms with E-state index in [-0.39, 0.29) is 12.0 Å². The number of aliphatic hydroxyl groups excluding tert-OH is 1. The molecular formula is C18H28O2. The number of ether oxygens (including phenoxy) is 1. The first-order valence-electron chi connectivity index (χ1n) is 7.39. The SMILES string of the molecule is C=CC(O)COc1ccccc1C(CC)CC(C)(C)C. The van der Waals surface area contributed by atoms with Crippen molar-refractivity contribution in [1.29, 1.82) is 0 Å². The van der Waals surface area contributed by atoms with E-state index in [0.29, 0.717) is 5.92 Å². The molecule has 112 valence electrons. The molecule has 0 fully saturated rings. The molecule has 0 radical (unpaired) electrons. The molecule has 0 aliphatic carbocycles. The van der Waals surface area contributed by atoms with Gasteiger partial charge in [0.1, 0.15) is 18.5 Å². The van der Waals surface area contributed by atoms with Gasteiger partial charge in [0.25, 0.3) is 0 Å². The lowest BCUT2D eigenvalue weighted by Gasteiger charge is -2.27. The van der Waals surface area contributed by atoms with Crippen LogP contribution in [0, 0.1) is 5.41 Å². The lowest BCUT2D eigenvalue weighted by molar-refractivity contribution is 0.143. The maximum absolute atomic E-state index is 9.55. The fourth-order valence-electron chi connectivity index (χ4n) is 2.41. The van der Waals surface area contributed by atoms with Crippen LogP contribution in [0.4, 0.5) is 0 Å². The smallest absolute Gasteiger partial charge is 0.122 e. The van der Waals surface area contributed by atoms with Gasteiger partial charge in [-0.2, -0.15) is 0 Å². The first-order valence-corrected chi connectivity index (χ1v) is 7.39. The molecule has 0 amide bonds. The fraction of sp³-hybridized carbons (Fsp3) is 0.556. The Labute approximate surface area is 123 Å². The molecule has 1 aromatic rings. The third-order valence-corrected chi connectivity index (χ3v) is 3.39. The maximum Gasteiger partial charge on any atom is 0.122 e. The Bertz CT molecular complexity index is 418. The average Bonchev–Trinajstić information content (AvgIpc) is 2.41. The average molecular weight is 276 g/mol. The lowest BCUT2D eigenvalue weighted by Crippen LogP contribution is -2.16. The molecule has 2 nitrogen and oxygen atoms in total. The Morgan fingerprint density at radius 1 is 1.30 bits per heavy atom. The summed E-state index contributed by atoms with van der Waals surface area (Å²) in [5, 5.41) is 9.55. The fourth-order valence-corrected chi connectivity index (χ4v) is 2.41. The van der Waals surface area contributed by atoms with Gasteiger partial charge in [-0.25, -0.2) is 0 Å². The molecule has 0 saturated carbocycles. The number of hydrogen-bond donors (Lipinski definition) is 1. The van der Waals surface area contributed by atoms with Crippen LogP contribution in [0.5, 0.6) is 5.75 Å². The maximum atomic E-state index is 9.55. The summed E-state index contributed by atoms with van der Waals surface area (Å²) in [4.78, 5) is 0. The van der Waals surface area contributed by atoms with Crippen molar-refractivity contribution in [3.8, 4) is 5.75 Å². The quantitative estimate of drug-likeness (QED) is 0.741. The van der Waals surface area contributed by atoms with Crippen LogP contribution in [0.3, 0.4) is 0 Å². The third kappa shape index (κ3) is 5.38. The van der Waals surface area contributed by atoms with E-state index >= 15 is 0 Å². The Hall–Kier alpha value is -1.28. The van der Waals surface area contributed by atoms with Gasteiger partial charge in [0.15, 0.2) is 0 Å². The highest BCUT2D eigenvalue weighted by Crippen LogP contribution is 2.37. The monoisotopic (exact) mass is 276 g/mol. The summed E-state index contributed by atoms with van der Waals surface area (Å²) in [5.41, 5.74) is 1.52. The van der Waals surface area contributed by atoms with Crippen LogP contribution in [-0.2, 0) is 0 Å². The molecule has 1 rings (SSSR count). The summed E-state index contributed by atoms with van der Waals surface area (Å²) >= 11 is 0. The predicted octanol–water partition coefficient (Wildman–Crippen LogP) is 4.54. The second kappa shape index (κ2) is 7.49. The summed E-state index contributed by atoms with van der Waals surface area (Å²) in [7, 11) is 0. The van der Waals surface area contributed by atoms with Crippen LogP contribution < -0.4 is 4.74 Å². The largest absolute Gasteiger partial charge is 0.490 e. The summed E-state index contributed by atoms with van der Waals surface area (Å²) in [5.74, 6) is 1.36. The molecule has 0 bridgehead atoms. The number of hydrogen-bond acceptors (Lipinski definition) is 2. The minimum absolute atomic E-state index is 0.256. The van der Waals surface area contributed by atoms with E-state index in [0.717, 1.165) is 18.6 Å². The van der Waals surface area contributed by atoms with Crippen molar-refractivity contribution in [2.75, 3.05) is 6.61 Å². The van der Waals surface area contributed by atoms with E-state index < -0.39 is 6.10 Å². The van der Waals surface area contributed by atoms with Crippen molar-refractivity contribution in [1.82, 2.24) is 0 Å². The Morgan fingerprint density at radius 2 is 1.95 bits per heavy atom.